The Morgan fingerprint density at radius 2 is 1.78 bits per heavy atom. The minimum atomic E-state index is 0.434. The molecule has 90 valence electrons. The van der Waals surface area contributed by atoms with Crippen LogP contribution < -0.4 is 0 Å². The zero-order valence-electron chi connectivity index (χ0n) is 8.82. The van der Waals surface area contributed by atoms with E-state index in [9.17, 15) is 0 Å². The van der Waals surface area contributed by atoms with E-state index in [0.717, 1.165) is 29.6 Å². The molecule has 2 aromatic heterocycles. The Hall–Kier alpha value is -0.490. The second-order valence-corrected chi connectivity index (χ2v) is 7.20. The lowest BCUT2D eigenvalue weighted by Crippen LogP contribution is -1.89. The number of fused-ring (bicyclic) bond motifs is 1. The molecule has 0 bridgehead atoms. The van der Waals surface area contributed by atoms with Crippen molar-refractivity contribution in [3.05, 3.63) is 43.7 Å². The molecule has 1 aromatic carbocycles. The minimum Gasteiger partial charge on any atom is -0.147 e. The van der Waals surface area contributed by atoms with Crippen LogP contribution >= 0.6 is 54.8 Å². The van der Waals surface area contributed by atoms with E-state index < -0.39 is 0 Å². The molecule has 2 heterocycles. The number of aromatic nitrogens is 2. The van der Waals surface area contributed by atoms with Crippen LogP contribution in [0.5, 0.6) is 0 Å². The van der Waals surface area contributed by atoms with Crippen molar-refractivity contribution in [3.63, 3.8) is 0 Å². The molecule has 0 unspecified atom stereocenters. The van der Waals surface area contributed by atoms with E-state index >= 15 is 0 Å². The van der Waals surface area contributed by atoms with Gasteiger partial charge in [0.2, 0.25) is 0 Å². The first kappa shape index (κ1) is 12.5. The zero-order chi connectivity index (χ0) is 12.7. The molecule has 18 heavy (non-hydrogen) atoms. The Labute approximate surface area is 129 Å². The quantitative estimate of drug-likeness (QED) is 0.532. The third kappa shape index (κ3) is 2.09. The predicted molar refractivity (Wildman–Crippen MR) is 83.3 cm³/mol. The number of halogens is 3. The Balaban J connectivity index is 2.33. The van der Waals surface area contributed by atoms with Gasteiger partial charge in [0.15, 0.2) is 5.15 Å². The van der Waals surface area contributed by atoms with Gasteiger partial charge in [0.1, 0.15) is 5.69 Å². The van der Waals surface area contributed by atoms with Gasteiger partial charge >= 0.3 is 0 Å². The summed E-state index contributed by atoms with van der Waals surface area (Å²) in [7, 11) is 0. The van der Waals surface area contributed by atoms with Crippen molar-refractivity contribution < 1.29 is 0 Å². The van der Waals surface area contributed by atoms with Gasteiger partial charge in [0.05, 0.1) is 8.66 Å². The number of rotatable bonds is 1. The lowest BCUT2D eigenvalue weighted by molar-refractivity contribution is 1.06. The van der Waals surface area contributed by atoms with Gasteiger partial charge in [-0.1, -0.05) is 35.9 Å². The molecule has 6 heteroatoms. The zero-order valence-corrected chi connectivity index (χ0v) is 13.6. The number of thiophene rings is 1. The molecule has 0 radical (unpaired) electrons. The van der Waals surface area contributed by atoms with Crippen LogP contribution in [0.1, 0.15) is 0 Å². The van der Waals surface area contributed by atoms with Crippen LogP contribution in [-0.4, -0.2) is 10.2 Å². The molecule has 0 aliphatic carbocycles. The summed E-state index contributed by atoms with van der Waals surface area (Å²) in [5.41, 5.74) is 0.853. The van der Waals surface area contributed by atoms with Gasteiger partial charge in [-0.15, -0.1) is 21.5 Å². The van der Waals surface area contributed by atoms with Gasteiger partial charge in [-0.25, -0.2) is 0 Å². The fourth-order valence-corrected chi connectivity index (χ4v) is 3.95. The molecular formula is C12H5Br2ClN2S. The maximum absolute atomic E-state index is 6.06. The molecule has 0 atom stereocenters. The van der Waals surface area contributed by atoms with Crippen molar-refractivity contribution in [1.82, 2.24) is 10.2 Å². The number of benzene rings is 1. The van der Waals surface area contributed by atoms with Crippen molar-refractivity contribution >= 4 is 65.6 Å². The van der Waals surface area contributed by atoms with Crippen LogP contribution in [0.15, 0.2) is 38.6 Å². The normalized spacial score (nSPS) is 11.1. The van der Waals surface area contributed by atoms with Gasteiger partial charge in [0, 0.05) is 15.2 Å². The molecule has 3 rings (SSSR count). The number of nitrogens with zero attached hydrogens (tertiary/aromatic N) is 2. The van der Waals surface area contributed by atoms with Crippen LogP contribution in [-0.2, 0) is 0 Å². The molecule has 2 nitrogen and oxygen atoms in total. The maximum Gasteiger partial charge on any atom is 0.159 e. The van der Waals surface area contributed by atoms with Crippen LogP contribution in [0.3, 0.4) is 0 Å². The molecule has 0 saturated heterocycles. The standard InChI is InChI=1S/C12H5Br2ClN2S/c13-8-5-9(18-11(8)14)10-6-3-1-2-4-7(6)12(15)17-16-10/h1-5H. The third-order valence-electron chi connectivity index (χ3n) is 2.52. The molecule has 0 aliphatic rings. The maximum atomic E-state index is 6.06. The topological polar surface area (TPSA) is 25.8 Å². The first-order valence-corrected chi connectivity index (χ1v) is 7.81. The first-order chi connectivity index (χ1) is 8.66. The van der Waals surface area contributed by atoms with E-state index in [1.807, 2.05) is 30.3 Å². The van der Waals surface area contributed by atoms with E-state index in [1.54, 1.807) is 11.3 Å². The van der Waals surface area contributed by atoms with E-state index in [4.69, 9.17) is 11.6 Å². The molecule has 0 N–H and O–H groups in total. The summed E-state index contributed by atoms with van der Waals surface area (Å²) in [6, 6.07) is 9.90. The molecule has 0 amide bonds. The average molecular weight is 405 g/mol. The predicted octanol–water partition coefficient (Wildman–Crippen LogP) is 5.54. The van der Waals surface area contributed by atoms with Crippen molar-refractivity contribution in [2.75, 3.05) is 0 Å². The average Bonchev–Trinajstić information content (AvgIpc) is 2.70. The number of hydrogen-bond donors (Lipinski definition) is 0. The smallest absolute Gasteiger partial charge is 0.147 e. The van der Waals surface area contributed by atoms with Crippen LogP contribution in [0.25, 0.3) is 21.3 Å². The Morgan fingerprint density at radius 1 is 1.06 bits per heavy atom. The van der Waals surface area contributed by atoms with Gasteiger partial charge in [-0.2, -0.15) is 0 Å². The van der Waals surface area contributed by atoms with Gasteiger partial charge in [-0.3, -0.25) is 0 Å². The lowest BCUT2D eigenvalue weighted by Gasteiger charge is -2.03. The van der Waals surface area contributed by atoms with Gasteiger partial charge < -0.3 is 0 Å². The summed E-state index contributed by atoms with van der Waals surface area (Å²) < 4.78 is 2.06. The highest BCUT2D eigenvalue weighted by atomic mass is 79.9. The van der Waals surface area contributed by atoms with E-state index in [1.165, 1.54) is 0 Å². The second-order valence-electron chi connectivity index (χ2n) is 3.62. The summed E-state index contributed by atoms with van der Waals surface area (Å²) >= 11 is 14.6. The molecule has 0 fully saturated rings. The number of hydrogen-bond acceptors (Lipinski definition) is 3. The van der Waals surface area contributed by atoms with Crippen LogP contribution in [0.4, 0.5) is 0 Å². The fourth-order valence-electron chi connectivity index (χ4n) is 1.72. The fraction of sp³-hybridized carbons (Fsp3) is 0. The highest BCUT2D eigenvalue weighted by Crippen LogP contribution is 2.40. The van der Waals surface area contributed by atoms with E-state index in [2.05, 4.69) is 42.1 Å². The summed E-state index contributed by atoms with van der Waals surface area (Å²) in [4.78, 5) is 1.05. The summed E-state index contributed by atoms with van der Waals surface area (Å²) in [5, 5.41) is 10.6. The summed E-state index contributed by atoms with van der Waals surface area (Å²) in [6.45, 7) is 0. The van der Waals surface area contributed by atoms with Crippen LogP contribution in [0.2, 0.25) is 5.15 Å². The SMILES string of the molecule is Clc1nnc(-c2cc(Br)c(Br)s2)c2ccccc12. The van der Waals surface area contributed by atoms with Gasteiger partial charge in [-0.05, 0) is 37.9 Å². The van der Waals surface area contributed by atoms with E-state index in [0.29, 0.717) is 5.15 Å². The van der Waals surface area contributed by atoms with Crippen LogP contribution in [0, 0.1) is 0 Å². The highest BCUT2D eigenvalue weighted by molar-refractivity contribution is 9.13. The second kappa shape index (κ2) is 4.89. The summed E-state index contributed by atoms with van der Waals surface area (Å²) in [6.07, 6.45) is 0. The molecular weight excluding hydrogens is 399 g/mol. The molecule has 0 aliphatic heterocycles. The van der Waals surface area contributed by atoms with Gasteiger partial charge in [0.25, 0.3) is 0 Å². The molecule has 0 saturated carbocycles. The third-order valence-corrected chi connectivity index (χ3v) is 6.06. The monoisotopic (exact) mass is 402 g/mol. The summed E-state index contributed by atoms with van der Waals surface area (Å²) in [5.74, 6) is 0. The highest BCUT2D eigenvalue weighted by Gasteiger charge is 2.13. The van der Waals surface area contributed by atoms with Crippen molar-refractivity contribution in [3.8, 4) is 10.6 Å². The lowest BCUT2D eigenvalue weighted by atomic mass is 10.1. The molecule has 3 aromatic rings. The Morgan fingerprint density at radius 3 is 2.44 bits per heavy atom. The van der Waals surface area contributed by atoms with Crippen molar-refractivity contribution in [2.45, 2.75) is 0 Å². The minimum absolute atomic E-state index is 0.434. The van der Waals surface area contributed by atoms with Crippen molar-refractivity contribution in [1.29, 1.82) is 0 Å². The van der Waals surface area contributed by atoms with E-state index in [-0.39, 0.29) is 0 Å². The largest absolute Gasteiger partial charge is 0.159 e. The Kier molecular flexibility index (Phi) is 3.40. The van der Waals surface area contributed by atoms with Crippen molar-refractivity contribution in [2.24, 2.45) is 0 Å². The molecule has 0 spiro atoms. The Bertz CT molecular complexity index is 723. The first-order valence-electron chi connectivity index (χ1n) is 5.03.